The lowest BCUT2D eigenvalue weighted by Crippen LogP contribution is -2.45. The molecule has 0 aliphatic carbocycles. The van der Waals surface area contributed by atoms with E-state index in [0.717, 1.165) is 0 Å². The van der Waals surface area contributed by atoms with Gasteiger partial charge in [0.05, 0.1) is 19.8 Å². The summed E-state index contributed by atoms with van der Waals surface area (Å²) in [6.07, 6.45) is 1.31. The molecule has 0 aliphatic rings. The molecule has 2 rings (SSSR count). The third kappa shape index (κ3) is 21.3. The van der Waals surface area contributed by atoms with Crippen LogP contribution in [-0.4, -0.2) is 127 Å². The number of hydrazine groups is 1. The van der Waals surface area contributed by atoms with E-state index in [-0.39, 0.29) is 149 Å². The maximum absolute atomic E-state index is 13.3. The van der Waals surface area contributed by atoms with Crippen molar-refractivity contribution in [2.24, 2.45) is 0 Å². The Morgan fingerprint density at radius 3 is 1.52 bits per heavy atom. The summed E-state index contributed by atoms with van der Waals surface area (Å²) in [5.74, 6) is -4.10. The zero-order valence-electron chi connectivity index (χ0n) is 37.0. The summed E-state index contributed by atoms with van der Waals surface area (Å²) in [6.45, 7) is 5.69. The number of nitrogens with zero attached hydrogens (tertiary/aromatic N) is 2. The number of hydroxylamine groups is 1. The van der Waals surface area contributed by atoms with Crippen molar-refractivity contribution in [3.05, 3.63) is 58.7 Å². The summed E-state index contributed by atoms with van der Waals surface area (Å²) in [5.41, 5.74) is 2.81. The van der Waals surface area contributed by atoms with Crippen molar-refractivity contribution in [1.82, 2.24) is 36.8 Å². The first-order valence-corrected chi connectivity index (χ1v) is 20.7. The number of hydrogen-bond donors (Lipinski definition) is 7. The molecular formula is C43H61N7O14. The second-order valence-electron chi connectivity index (χ2n) is 15.4. The highest BCUT2D eigenvalue weighted by Crippen LogP contribution is 2.21. The van der Waals surface area contributed by atoms with Crippen LogP contribution in [0, 0.1) is 0 Å². The van der Waals surface area contributed by atoms with Crippen molar-refractivity contribution in [3.63, 3.8) is 0 Å². The minimum atomic E-state index is -0.758. The minimum absolute atomic E-state index is 0.00821. The monoisotopic (exact) mass is 899 g/mol. The second-order valence-corrected chi connectivity index (χ2v) is 15.4. The van der Waals surface area contributed by atoms with Crippen LogP contribution < -0.4 is 26.7 Å². The number of esters is 2. The normalized spacial score (nSPS) is 10.8. The van der Waals surface area contributed by atoms with E-state index in [1.54, 1.807) is 32.9 Å². The number of hydrogen-bond acceptors (Lipinski definition) is 14. The first-order valence-electron chi connectivity index (χ1n) is 20.7. The molecule has 7 N–H and O–H groups in total. The fraction of sp³-hybridized carbons (Fsp3) is 0.512. The number of methoxy groups -OCH3 is 2. The summed E-state index contributed by atoms with van der Waals surface area (Å²) in [7, 11) is 2.40. The molecule has 0 unspecified atom stereocenters. The largest absolute Gasteiger partial charge is 0.507 e. The molecule has 0 radical (unpaired) electrons. The summed E-state index contributed by atoms with van der Waals surface area (Å²) in [4.78, 5) is 117. The Balaban J connectivity index is 1.81. The number of aromatic hydroxyl groups is 2. The third-order valence-electron chi connectivity index (χ3n) is 9.03. The van der Waals surface area contributed by atoms with Crippen molar-refractivity contribution in [1.29, 1.82) is 0 Å². The molecule has 2 aromatic rings. The van der Waals surface area contributed by atoms with Crippen molar-refractivity contribution >= 4 is 53.8 Å². The lowest BCUT2D eigenvalue weighted by Gasteiger charge is -2.26. The van der Waals surface area contributed by atoms with Crippen LogP contribution in [0.5, 0.6) is 11.5 Å². The molecule has 2 aromatic carbocycles. The number of carbonyl (C=O) groups is 9. The molecule has 0 aromatic heterocycles. The Hall–Kier alpha value is -6.77. The van der Waals surface area contributed by atoms with Crippen molar-refractivity contribution in [2.75, 3.05) is 46.9 Å². The molecule has 0 heterocycles. The van der Waals surface area contributed by atoms with E-state index < -0.39 is 23.4 Å². The molecule has 352 valence electrons. The van der Waals surface area contributed by atoms with E-state index in [1.807, 2.05) is 0 Å². The van der Waals surface area contributed by atoms with Crippen LogP contribution in [0.4, 0.5) is 0 Å². The molecular weight excluding hydrogens is 839 g/mol. The van der Waals surface area contributed by atoms with Gasteiger partial charge in [-0.15, -0.1) is 5.17 Å². The molecule has 0 bridgehead atoms. The van der Waals surface area contributed by atoms with Gasteiger partial charge in [-0.05, 0) is 81.8 Å². The predicted molar refractivity (Wildman–Crippen MR) is 228 cm³/mol. The molecule has 7 amide bonds. The van der Waals surface area contributed by atoms with Gasteiger partial charge in [-0.2, -0.15) is 0 Å². The van der Waals surface area contributed by atoms with Crippen molar-refractivity contribution < 1.29 is 67.7 Å². The quantitative estimate of drug-likeness (QED) is 0.0362. The van der Waals surface area contributed by atoms with Gasteiger partial charge in [0.1, 0.15) is 22.6 Å². The Labute approximate surface area is 371 Å². The standard InChI is InChI=1S/C43H61N7O14/c1-43(2,3)64-50(28-51)48-39(58)13-8-14-40(59)49(24-22-46-37(56)11-7-12-38(57)47-27-30-16-18-32(34(53)26-30)42(61)63-5)23-21-45-36(55)10-6-9-35(54)44-20-19-29-15-17-31(33(52)25-29)41(60)62-4/h15-18,25-26,28,52-53H,6-14,19-24,27H2,1-5H3,(H,44,54)(H,45,55)(H,46,56)(H,47,57)(H,48,58). The molecule has 0 atom stereocenters. The summed E-state index contributed by atoms with van der Waals surface area (Å²) >= 11 is 0. The molecule has 21 heteroatoms. The fourth-order valence-electron chi connectivity index (χ4n) is 5.83. The van der Waals surface area contributed by atoms with Crippen LogP contribution in [-0.2, 0) is 60.8 Å². The summed E-state index contributed by atoms with van der Waals surface area (Å²) in [6, 6.07) is 8.78. The molecule has 0 saturated heterocycles. The topological polar surface area (TPSA) is 288 Å². The van der Waals surface area contributed by atoms with E-state index in [1.165, 1.54) is 43.4 Å². The first-order chi connectivity index (χ1) is 30.3. The first kappa shape index (κ1) is 53.4. The van der Waals surface area contributed by atoms with Crippen molar-refractivity contribution in [2.45, 2.75) is 97.1 Å². The molecule has 0 aliphatic heterocycles. The fourth-order valence-corrected chi connectivity index (χ4v) is 5.83. The molecule has 0 spiro atoms. The van der Waals surface area contributed by atoms with Crippen molar-refractivity contribution in [3.8, 4) is 11.5 Å². The number of phenolic OH excluding ortho intramolecular Hbond substituents is 2. The molecule has 0 saturated carbocycles. The van der Waals surface area contributed by atoms with Crippen LogP contribution in [0.2, 0.25) is 0 Å². The minimum Gasteiger partial charge on any atom is -0.507 e. The van der Waals surface area contributed by atoms with E-state index in [0.29, 0.717) is 29.1 Å². The Kier molecular flexibility index (Phi) is 23.4. The smallest absolute Gasteiger partial charge is 0.341 e. The number of rotatable bonds is 28. The number of carbonyl (C=O) groups excluding carboxylic acids is 9. The maximum atomic E-state index is 13.3. The third-order valence-corrected chi connectivity index (χ3v) is 9.03. The number of phenols is 2. The van der Waals surface area contributed by atoms with Gasteiger partial charge in [0, 0.05) is 77.8 Å². The lowest BCUT2D eigenvalue weighted by atomic mass is 10.1. The van der Waals surface area contributed by atoms with E-state index >= 15 is 0 Å². The van der Waals surface area contributed by atoms with E-state index in [2.05, 4.69) is 36.2 Å². The van der Waals surface area contributed by atoms with Crippen LogP contribution in [0.25, 0.3) is 0 Å². The highest BCUT2D eigenvalue weighted by atomic mass is 16.7. The average molecular weight is 900 g/mol. The van der Waals surface area contributed by atoms with Gasteiger partial charge in [0.25, 0.3) is 6.41 Å². The van der Waals surface area contributed by atoms with Crippen LogP contribution in [0.15, 0.2) is 36.4 Å². The SMILES string of the molecule is COC(=O)c1ccc(CCNC(=O)CCCC(=O)NCCN(CCNC(=O)CCCC(=O)NCc2ccc(C(=O)OC)c(O)c2)C(=O)CCCC(=O)NN(C=O)OC(C)(C)C)cc1O. The highest BCUT2D eigenvalue weighted by Gasteiger charge is 2.20. The maximum Gasteiger partial charge on any atom is 0.341 e. The van der Waals surface area contributed by atoms with E-state index in [4.69, 9.17) is 4.84 Å². The second kappa shape index (κ2) is 28.0. The Bertz CT molecular complexity index is 1930. The summed E-state index contributed by atoms with van der Waals surface area (Å²) < 4.78 is 9.21. The number of amides is 7. The van der Waals surface area contributed by atoms with Gasteiger partial charge in [-0.1, -0.05) is 12.1 Å². The summed E-state index contributed by atoms with van der Waals surface area (Å²) in [5, 5.41) is 31.6. The molecule has 64 heavy (non-hydrogen) atoms. The highest BCUT2D eigenvalue weighted by molar-refractivity contribution is 5.93. The van der Waals surface area contributed by atoms with Gasteiger partial charge in [0.15, 0.2) is 0 Å². The average Bonchev–Trinajstić information content (AvgIpc) is 3.23. The van der Waals surface area contributed by atoms with Gasteiger partial charge in [-0.25, -0.2) is 19.9 Å². The zero-order valence-corrected chi connectivity index (χ0v) is 37.0. The molecule has 21 nitrogen and oxygen atoms in total. The lowest BCUT2D eigenvalue weighted by molar-refractivity contribution is -0.237. The number of nitrogens with one attached hydrogen (secondary N) is 5. The number of ether oxygens (including phenoxy) is 2. The Morgan fingerprint density at radius 2 is 1.05 bits per heavy atom. The number of benzene rings is 2. The van der Waals surface area contributed by atoms with Gasteiger partial charge in [0.2, 0.25) is 35.4 Å². The van der Waals surface area contributed by atoms with Gasteiger partial charge >= 0.3 is 11.9 Å². The van der Waals surface area contributed by atoms with Gasteiger partial charge < -0.3 is 45.9 Å². The predicted octanol–water partition coefficient (Wildman–Crippen LogP) is 1.44. The zero-order chi connectivity index (χ0) is 47.7. The molecule has 0 fully saturated rings. The van der Waals surface area contributed by atoms with E-state index in [9.17, 15) is 53.4 Å². The van der Waals surface area contributed by atoms with Gasteiger partial charge in [-0.3, -0.25) is 33.6 Å². The van der Waals surface area contributed by atoms with Crippen LogP contribution >= 0.6 is 0 Å². The van der Waals surface area contributed by atoms with Crippen LogP contribution in [0.1, 0.15) is 110 Å². The Morgan fingerprint density at radius 1 is 0.609 bits per heavy atom. The van der Waals surface area contributed by atoms with Crippen LogP contribution in [0.3, 0.4) is 0 Å².